The summed E-state index contributed by atoms with van der Waals surface area (Å²) in [5.74, 6) is 0.570. The average Bonchev–Trinajstić information content (AvgIpc) is 3.27. The highest BCUT2D eigenvalue weighted by molar-refractivity contribution is 5.94. The molecule has 0 radical (unpaired) electrons. The van der Waals surface area contributed by atoms with Crippen LogP contribution in [0.3, 0.4) is 0 Å². The summed E-state index contributed by atoms with van der Waals surface area (Å²) in [4.78, 5) is 18.5. The SMILES string of the molecule is CCC(=O)c1cnc2ccc(N3CCC[C@@H]3c3cccc(F)c3)nn12. The molecule has 0 bridgehead atoms. The van der Waals surface area contributed by atoms with Gasteiger partial charge in [-0.3, -0.25) is 4.79 Å². The Kier molecular flexibility index (Phi) is 3.95. The van der Waals surface area contributed by atoms with Crippen LogP contribution in [0.4, 0.5) is 10.2 Å². The number of nitrogens with zero attached hydrogens (tertiary/aromatic N) is 4. The quantitative estimate of drug-likeness (QED) is 0.679. The Balaban J connectivity index is 1.74. The molecule has 0 amide bonds. The molecule has 1 atom stereocenters. The fourth-order valence-corrected chi connectivity index (χ4v) is 3.49. The van der Waals surface area contributed by atoms with Crippen LogP contribution in [-0.4, -0.2) is 26.9 Å². The molecule has 0 aliphatic carbocycles. The molecule has 1 aliphatic rings. The van der Waals surface area contributed by atoms with Gasteiger partial charge in [0.05, 0.1) is 12.2 Å². The highest BCUT2D eigenvalue weighted by Gasteiger charge is 2.28. The van der Waals surface area contributed by atoms with Crippen LogP contribution < -0.4 is 4.90 Å². The second-order valence-electron chi connectivity index (χ2n) is 6.29. The topological polar surface area (TPSA) is 50.5 Å². The molecule has 3 aromatic rings. The minimum absolute atomic E-state index is 0.0141. The summed E-state index contributed by atoms with van der Waals surface area (Å²) in [5, 5.41) is 4.65. The van der Waals surface area contributed by atoms with Gasteiger partial charge in [-0.2, -0.15) is 0 Å². The monoisotopic (exact) mass is 338 g/mol. The highest BCUT2D eigenvalue weighted by Crippen LogP contribution is 2.35. The lowest BCUT2D eigenvalue weighted by molar-refractivity contribution is 0.0981. The summed E-state index contributed by atoms with van der Waals surface area (Å²) in [6, 6.07) is 10.6. The van der Waals surface area contributed by atoms with Gasteiger partial charge in [-0.05, 0) is 42.7 Å². The maximum Gasteiger partial charge on any atom is 0.182 e. The molecule has 0 N–H and O–H groups in total. The smallest absolute Gasteiger partial charge is 0.182 e. The van der Waals surface area contributed by atoms with Gasteiger partial charge in [0.25, 0.3) is 0 Å². The van der Waals surface area contributed by atoms with Gasteiger partial charge in [0, 0.05) is 13.0 Å². The number of hydrogen-bond acceptors (Lipinski definition) is 4. The molecular formula is C19H19FN4O. The first-order valence-corrected chi connectivity index (χ1v) is 8.57. The zero-order valence-corrected chi connectivity index (χ0v) is 14.0. The number of carbonyl (C=O) groups excluding carboxylic acids is 1. The van der Waals surface area contributed by atoms with Crippen molar-refractivity contribution in [2.75, 3.05) is 11.4 Å². The summed E-state index contributed by atoms with van der Waals surface area (Å²) in [6.45, 7) is 2.68. The summed E-state index contributed by atoms with van der Waals surface area (Å²) in [7, 11) is 0. The number of ketones is 1. The van der Waals surface area contributed by atoms with Crippen molar-refractivity contribution in [3.63, 3.8) is 0 Å². The van der Waals surface area contributed by atoms with Crippen molar-refractivity contribution in [2.45, 2.75) is 32.2 Å². The molecule has 4 rings (SSSR count). The fraction of sp³-hybridized carbons (Fsp3) is 0.316. The lowest BCUT2D eigenvalue weighted by atomic mass is 10.0. The first-order valence-electron chi connectivity index (χ1n) is 8.57. The summed E-state index contributed by atoms with van der Waals surface area (Å²) >= 11 is 0. The van der Waals surface area contributed by atoms with Crippen LogP contribution in [-0.2, 0) is 0 Å². The number of anilines is 1. The van der Waals surface area contributed by atoms with Gasteiger partial charge >= 0.3 is 0 Å². The molecule has 3 heterocycles. The van der Waals surface area contributed by atoms with E-state index in [1.165, 1.54) is 6.07 Å². The zero-order chi connectivity index (χ0) is 17.4. The molecule has 0 spiro atoms. The number of hydrogen-bond donors (Lipinski definition) is 0. The fourth-order valence-electron chi connectivity index (χ4n) is 3.49. The summed E-state index contributed by atoms with van der Waals surface area (Å²) in [6.07, 6.45) is 3.96. The number of rotatable bonds is 4. The van der Waals surface area contributed by atoms with Crippen LogP contribution in [0, 0.1) is 5.82 Å². The van der Waals surface area contributed by atoms with E-state index in [0.29, 0.717) is 17.8 Å². The van der Waals surface area contributed by atoms with Crippen molar-refractivity contribution in [3.05, 3.63) is 59.7 Å². The largest absolute Gasteiger partial charge is 0.348 e. The Morgan fingerprint density at radius 2 is 2.20 bits per heavy atom. The van der Waals surface area contributed by atoms with Crippen molar-refractivity contribution in [1.82, 2.24) is 14.6 Å². The molecule has 1 saturated heterocycles. The van der Waals surface area contributed by atoms with E-state index in [9.17, 15) is 9.18 Å². The highest BCUT2D eigenvalue weighted by atomic mass is 19.1. The predicted molar refractivity (Wildman–Crippen MR) is 93.3 cm³/mol. The van der Waals surface area contributed by atoms with Crippen molar-refractivity contribution in [3.8, 4) is 0 Å². The number of fused-ring (bicyclic) bond motifs is 1. The average molecular weight is 338 g/mol. The summed E-state index contributed by atoms with van der Waals surface area (Å²) in [5.41, 5.74) is 2.11. The van der Waals surface area contributed by atoms with E-state index in [2.05, 4.69) is 15.0 Å². The van der Waals surface area contributed by atoms with Crippen molar-refractivity contribution in [2.24, 2.45) is 0 Å². The Hall–Kier alpha value is -2.76. The Labute approximate surface area is 145 Å². The van der Waals surface area contributed by atoms with Crippen LogP contribution in [0.2, 0.25) is 0 Å². The lowest BCUT2D eigenvalue weighted by Crippen LogP contribution is -2.24. The molecule has 6 heteroatoms. The maximum atomic E-state index is 13.6. The van der Waals surface area contributed by atoms with E-state index in [-0.39, 0.29) is 17.6 Å². The first-order chi connectivity index (χ1) is 12.2. The van der Waals surface area contributed by atoms with Crippen molar-refractivity contribution < 1.29 is 9.18 Å². The number of halogens is 1. The second-order valence-corrected chi connectivity index (χ2v) is 6.29. The molecule has 25 heavy (non-hydrogen) atoms. The molecular weight excluding hydrogens is 319 g/mol. The van der Waals surface area contributed by atoms with E-state index < -0.39 is 0 Å². The third-order valence-electron chi connectivity index (χ3n) is 4.74. The van der Waals surface area contributed by atoms with Crippen molar-refractivity contribution >= 4 is 17.2 Å². The van der Waals surface area contributed by atoms with Gasteiger partial charge in [-0.15, -0.1) is 5.10 Å². The number of benzene rings is 1. The predicted octanol–water partition coefficient (Wildman–Crippen LogP) is 3.80. The first kappa shape index (κ1) is 15.7. The molecule has 1 aliphatic heterocycles. The molecule has 1 aromatic carbocycles. The third kappa shape index (κ3) is 2.77. The number of carbonyl (C=O) groups is 1. The van der Waals surface area contributed by atoms with Gasteiger partial charge in [-0.1, -0.05) is 19.1 Å². The third-order valence-corrected chi connectivity index (χ3v) is 4.74. The molecule has 1 fully saturated rings. The minimum atomic E-state index is -0.224. The van der Waals surface area contributed by atoms with Crippen molar-refractivity contribution in [1.29, 1.82) is 0 Å². The number of aromatic nitrogens is 3. The minimum Gasteiger partial charge on any atom is -0.348 e. The Morgan fingerprint density at radius 1 is 1.32 bits per heavy atom. The van der Waals surface area contributed by atoms with Gasteiger partial charge in [0.1, 0.15) is 17.3 Å². The van der Waals surface area contributed by atoms with Gasteiger partial charge in [-0.25, -0.2) is 13.9 Å². The van der Waals surface area contributed by atoms with Gasteiger partial charge < -0.3 is 4.90 Å². The lowest BCUT2D eigenvalue weighted by Gasteiger charge is -2.26. The van der Waals surface area contributed by atoms with E-state index in [1.807, 2.05) is 25.1 Å². The van der Waals surface area contributed by atoms with Gasteiger partial charge in [0.15, 0.2) is 11.4 Å². The molecule has 5 nitrogen and oxygen atoms in total. The molecule has 128 valence electrons. The van der Waals surface area contributed by atoms with E-state index >= 15 is 0 Å². The molecule has 0 unspecified atom stereocenters. The van der Waals surface area contributed by atoms with E-state index in [0.717, 1.165) is 30.8 Å². The molecule has 0 saturated carbocycles. The van der Waals surface area contributed by atoms with Crippen LogP contribution in [0.5, 0.6) is 0 Å². The molecule has 2 aromatic heterocycles. The standard InChI is InChI=1S/C19H19FN4O/c1-2-17(25)16-12-21-18-8-9-19(22-24(16)18)23-10-4-7-15(23)13-5-3-6-14(20)11-13/h3,5-6,8-9,11-12,15H,2,4,7,10H2,1H3/t15-/m1/s1. The van der Waals surface area contributed by atoms with Crippen LogP contribution in [0.15, 0.2) is 42.6 Å². The van der Waals surface area contributed by atoms with Crippen LogP contribution >= 0.6 is 0 Å². The Morgan fingerprint density at radius 3 is 3.00 bits per heavy atom. The second kappa shape index (κ2) is 6.27. The summed E-state index contributed by atoms with van der Waals surface area (Å²) < 4.78 is 15.2. The maximum absolute atomic E-state index is 13.6. The Bertz CT molecular complexity index is 936. The number of imidazole rings is 1. The van der Waals surface area contributed by atoms with Crippen LogP contribution in [0.1, 0.15) is 48.3 Å². The normalized spacial score (nSPS) is 17.4. The van der Waals surface area contributed by atoms with Gasteiger partial charge in [0.2, 0.25) is 0 Å². The van der Waals surface area contributed by atoms with Crippen LogP contribution in [0.25, 0.3) is 5.65 Å². The van der Waals surface area contributed by atoms with E-state index in [4.69, 9.17) is 0 Å². The zero-order valence-electron chi connectivity index (χ0n) is 14.0. The number of Topliss-reactive ketones (excluding diaryl/α,β-unsaturated/α-hetero) is 1. The van der Waals surface area contributed by atoms with E-state index in [1.54, 1.807) is 22.8 Å².